The van der Waals surface area contributed by atoms with Gasteiger partial charge in [-0.05, 0) is 29.0 Å². The van der Waals surface area contributed by atoms with Gasteiger partial charge in [-0.15, -0.1) is 10.2 Å². The Morgan fingerprint density at radius 3 is 2.96 bits per heavy atom. The predicted molar refractivity (Wildman–Crippen MR) is 98.2 cm³/mol. The Hall–Kier alpha value is -4.39. The third-order valence-electron chi connectivity index (χ3n) is 3.83. The van der Waals surface area contributed by atoms with E-state index in [2.05, 4.69) is 41.1 Å². The summed E-state index contributed by atoms with van der Waals surface area (Å²) < 4.78 is 5.37. The van der Waals surface area contributed by atoms with E-state index in [0.717, 1.165) is 16.8 Å². The molecule has 0 atom stereocenters. The van der Waals surface area contributed by atoms with E-state index >= 15 is 0 Å². The molecule has 4 aromatic rings. The number of aromatic amines is 1. The first-order valence-corrected chi connectivity index (χ1v) is 8.25. The first-order valence-electron chi connectivity index (χ1n) is 8.25. The van der Waals surface area contributed by atoms with Crippen LogP contribution in [0.25, 0.3) is 17.0 Å². The van der Waals surface area contributed by atoms with Crippen molar-refractivity contribution in [1.29, 1.82) is 5.26 Å². The van der Waals surface area contributed by atoms with Crippen molar-refractivity contribution in [3.8, 4) is 17.5 Å². The van der Waals surface area contributed by atoms with Crippen LogP contribution in [-0.4, -0.2) is 35.7 Å². The number of aromatic nitrogens is 7. The molecule has 10 nitrogen and oxygen atoms in total. The molecule has 0 bridgehead atoms. The second-order valence-corrected chi connectivity index (χ2v) is 5.64. The lowest BCUT2D eigenvalue weighted by molar-refractivity contribution is 0.386. The molecule has 3 aromatic heterocycles. The maximum atomic E-state index is 9.27. The zero-order valence-corrected chi connectivity index (χ0v) is 14.4. The molecule has 136 valence electrons. The number of rotatable bonds is 6. The largest absolute Gasteiger partial charge is 0.360 e. The highest BCUT2D eigenvalue weighted by Gasteiger charge is 2.12. The third kappa shape index (κ3) is 3.73. The quantitative estimate of drug-likeness (QED) is 0.488. The molecule has 0 aliphatic rings. The zero-order valence-electron chi connectivity index (χ0n) is 14.4. The molecule has 0 amide bonds. The molecular formula is C18H13N9O. The summed E-state index contributed by atoms with van der Waals surface area (Å²) in [6, 6.07) is 13.3. The number of tetrazole rings is 1. The Bertz CT molecular complexity index is 1130. The van der Waals surface area contributed by atoms with Gasteiger partial charge in [0.1, 0.15) is 11.6 Å². The number of pyridine rings is 1. The van der Waals surface area contributed by atoms with Crippen molar-refractivity contribution >= 4 is 11.3 Å². The number of H-pyrrole nitrogens is 1. The topological polar surface area (TPSA) is 142 Å². The average molecular weight is 371 g/mol. The van der Waals surface area contributed by atoms with Crippen molar-refractivity contribution in [2.75, 3.05) is 5.32 Å². The summed E-state index contributed by atoms with van der Waals surface area (Å²) in [6.45, 7) is 0. The van der Waals surface area contributed by atoms with E-state index in [4.69, 9.17) is 4.52 Å². The van der Waals surface area contributed by atoms with Gasteiger partial charge in [-0.2, -0.15) is 15.5 Å². The molecule has 0 saturated carbocycles. The Balaban J connectivity index is 1.54. The zero-order chi connectivity index (χ0) is 19.2. The molecule has 0 radical (unpaired) electrons. The van der Waals surface area contributed by atoms with E-state index in [0.29, 0.717) is 18.1 Å². The molecule has 0 aliphatic carbocycles. The van der Waals surface area contributed by atoms with Crippen LogP contribution in [0.5, 0.6) is 0 Å². The number of benzene rings is 1. The Labute approximate surface area is 158 Å². The van der Waals surface area contributed by atoms with Crippen LogP contribution in [0, 0.1) is 11.3 Å². The lowest BCUT2D eigenvalue weighted by Crippen LogP contribution is -1.98. The minimum atomic E-state index is 0.213. The molecule has 10 heteroatoms. The van der Waals surface area contributed by atoms with Crippen molar-refractivity contribution in [3.05, 3.63) is 72.3 Å². The van der Waals surface area contributed by atoms with Gasteiger partial charge >= 0.3 is 0 Å². The Morgan fingerprint density at radius 1 is 1.25 bits per heavy atom. The number of allylic oxidation sites excluding steroid dienone is 1. The second-order valence-electron chi connectivity index (χ2n) is 5.64. The number of hydrogen-bond acceptors (Lipinski definition) is 9. The van der Waals surface area contributed by atoms with E-state index in [9.17, 15) is 5.26 Å². The molecule has 0 saturated heterocycles. The van der Waals surface area contributed by atoms with Crippen molar-refractivity contribution in [2.45, 2.75) is 6.42 Å². The molecular weight excluding hydrogens is 358 g/mol. The van der Waals surface area contributed by atoms with Gasteiger partial charge in [0.15, 0.2) is 0 Å². The second kappa shape index (κ2) is 7.88. The monoisotopic (exact) mass is 371 g/mol. The Kier molecular flexibility index (Phi) is 4.80. The Morgan fingerprint density at radius 2 is 2.18 bits per heavy atom. The van der Waals surface area contributed by atoms with Crippen molar-refractivity contribution in [2.24, 2.45) is 0 Å². The molecule has 1 aromatic carbocycles. The normalized spacial score (nSPS) is 11.2. The number of nitrogens with zero attached hydrogens (tertiary/aromatic N) is 7. The van der Waals surface area contributed by atoms with Gasteiger partial charge < -0.3 is 9.84 Å². The van der Waals surface area contributed by atoms with E-state index in [-0.39, 0.29) is 11.4 Å². The van der Waals surface area contributed by atoms with Gasteiger partial charge in [-0.3, -0.25) is 4.98 Å². The lowest BCUT2D eigenvalue weighted by Gasteiger charge is -2.07. The van der Waals surface area contributed by atoms with E-state index in [1.54, 1.807) is 12.4 Å². The fourth-order valence-electron chi connectivity index (χ4n) is 2.49. The van der Waals surface area contributed by atoms with Crippen molar-refractivity contribution < 1.29 is 4.52 Å². The maximum absolute atomic E-state index is 9.27. The van der Waals surface area contributed by atoms with E-state index < -0.39 is 0 Å². The van der Waals surface area contributed by atoms with Crippen LogP contribution in [0.15, 0.2) is 59.5 Å². The fraction of sp³-hybridized carbons (Fsp3) is 0.0556. The summed E-state index contributed by atoms with van der Waals surface area (Å²) in [6.07, 6.45) is 5.31. The molecule has 0 aliphatic heterocycles. The SMILES string of the molecule is N#CC(=CNc1ccccc1Cc1nc(-c2cccnc2)no1)c1nn[nH]n1. The van der Waals surface area contributed by atoms with Gasteiger partial charge in [0.05, 0.1) is 6.42 Å². The summed E-state index contributed by atoms with van der Waals surface area (Å²) in [7, 11) is 0. The minimum Gasteiger partial charge on any atom is -0.360 e. The standard InChI is InChI=1S/C18H13N9O/c19-9-14(18-23-26-27-24-18)11-21-15-6-2-1-4-12(15)8-16-22-17(25-28-16)13-5-3-7-20-10-13/h1-7,10-11,21H,8H2,(H,23,24,26,27). The van der Waals surface area contributed by atoms with Gasteiger partial charge in [-0.25, -0.2) is 0 Å². The van der Waals surface area contributed by atoms with Crippen LogP contribution < -0.4 is 5.32 Å². The van der Waals surface area contributed by atoms with Crippen LogP contribution in [0.1, 0.15) is 17.3 Å². The van der Waals surface area contributed by atoms with E-state index in [1.165, 1.54) is 6.20 Å². The number of para-hydroxylation sites is 1. The molecule has 2 N–H and O–H groups in total. The summed E-state index contributed by atoms with van der Waals surface area (Å²) in [5.41, 5.74) is 2.75. The summed E-state index contributed by atoms with van der Waals surface area (Å²) in [5.74, 6) is 1.17. The molecule has 0 spiro atoms. The molecule has 3 heterocycles. The first kappa shape index (κ1) is 17.0. The molecule has 0 unspecified atom stereocenters. The molecule has 4 rings (SSSR count). The van der Waals surface area contributed by atoms with Gasteiger partial charge in [0.25, 0.3) is 0 Å². The highest BCUT2D eigenvalue weighted by molar-refractivity contribution is 5.74. The van der Waals surface area contributed by atoms with Gasteiger partial charge in [0, 0.05) is 29.8 Å². The van der Waals surface area contributed by atoms with Crippen molar-refractivity contribution in [3.63, 3.8) is 0 Å². The number of nitriles is 1. The smallest absolute Gasteiger partial charge is 0.231 e. The van der Waals surface area contributed by atoms with Crippen LogP contribution in [0.2, 0.25) is 0 Å². The van der Waals surface area contributed by atoms with Crippen LogP contribution in [0.4, 0.5) is 5.69 Å². The van der Waals surface area contributed by atoms with Gasteiger partial charge in [0.2, 0.25) is 17.5 Å². The van der Waals surface area contributed by atoms with Gasteiger partial charge in [-0.1, -0.05) is 23.4 Å². The number of anilines is 1. The predicted octanol–water partition coefficient (Wildman–Crippen LogP) is 2.21. The average Bonchev–Trinajstić information content (AvgIpc) is 3.43. The van der Waals surface area contributed by atoms with Crippen LogP contribution >= 0.6 is 0 Å². The third-order valence-corrected chi connectivity index (χ3v) is 3.83. The summed E-state index contributed by atoms with van der Waals surface area (Å²) in [4.78, 5) is 8.48. The molecule has 28 heavy (non-hydrogen) atoms. The first-order chi connectivity index (χ1) is 13.8. The maximum Gasteiger partial charge on any atom is 0.231 e. The number of nitrogens with one attached hydrogen (secondary N) is 2. The number of hydrogen-bond donors (Lipinski definition) is 2. The van der Waals surface area contributed by atoms with E-state index in [1.807, 2.05) is 42.5 Å². The fourth-order valence-corrected chi connectivity index (χ4v) is 2.49. The lowest BCUT2D eigenvalue weighted by atomic mass is 10.1. The highest BCUT2D eigenvalue weighted by atomic mass is 16.5. The van der Waals surface area contributed by atoms with Crippen LogP contribution in [-0.2, 0) is 6.42 Å². The molecule has 0 fully saturated rings. The van der Waals surface area contributed by atoms with Crippen LogP contribution in [0.3, 0.4) is 0 Å². The summed E-state index contributed by atoms with van der Waals surface area (Å²) in [5, 5.41) is 29.8. The minimum absolute atomic E-state index is 0.213. The van der Waals surface area contributed by atoms with Crippen molar-refractivity contribution in [1.82, 2.24) is 35.7 Å². The highest BCUT2D eigenvalue weighted by Crippen LogP contribution is 2.21. The summed E-state index contributed by atoms with van der Waals surface area (Å²) >= 11 is 0.